The molecule has 1 aromatic rings. The summed E-state index contributed by atoms with van der Waals surface area (Å²) in [6.45, 7) is 6.35. The van der Waals surface area contributed by atoms with Crippen molar-refractivity contribution in [2.45, 2.75) is 74.7 Å². The molecule has 0 aromatic heterocycles. The van der Waals surface area contributed by atoms with Crippen molar-refractivity contribution >= 4 is 29.3 Å². The third kappa shape index (κ3) is 5.17. The van der Waals surface area contributed by atoms with Crippen molar-refractivity contribution in [2.24, 2.45) is 11.8 Å². The van der Waals surface area contributed by atoms with Crippen molar-refractivity contribution in [1.29, 1.82) is 0 Å². The van der Waals surface area contributed by atoms with E-state index in [9.17, 15) is 9.59 Å². The largest absolute Gasteiger partial charge is 0.376 e. The number of fused-ring (bicyclic) bond motifs is 2. The lowest BCUT2D eigenvalue weighted by atomic mass is 9.98. The van der Waals surface area contributed by atoms with Crippen molar-refractivity contribution in [3.05, 3.63) is 48.1 Å². The van der Waals surface area contributed by atoms with Crippen LogP contribution in [0.4, 0.5) is 5.69 Å². The second-order valence-corrected chi connectivity index (χ2v) is 10.6. The zero-order valence-corrected chi connectivity index (χ0v) is 19.4. The second kappa shape index (κ2) is 9.51. The number of carbonyl (C=O) groups is 2. The van der Waals surface area contributed by atoms with Gasteiger partial charge in [-0.1, -0.05) is 51.5 Å². The first-order chi connectivity index (χ1) is 14.9. The van der Waals surface area contributed by atoms with E-state index >= 15 is 0 Å². The minimum Gasteiger partial charge on any atom is -0.376 e. The Morgan fingerprint density at radius 3 is 2.77 bits per heavy atom. The van der Waals surface area contributed by atoms with E-state index in [0.717, 1.165) is 24.9 Å². The Hall–Kier alpha value is -2.21. The first-order valence-electron chi connectivity index (χ1n) is 11.4. The summed E-state index contributed by atoms with van der Waals surface area (Å²) in [5.41, 5.74) is 1.72. The van der Waals surface area contributed by atoms with Crippen molar-refractivity contribution < 1.29 is 9.59 Å². The third-order valence-electron chi connectivity index (χ3n) is 6.43. The number of amides is 2. The maximum atomic E-state index is 13.1. The van der Waals surface area contributed by atoms with Gasteiger partial charge in [-0.05, 0) is 49.3 Å². The van der Waals surface area contributed by atoms with Crippen LogP contribution in [0.5, 0.6) is 0 Å². The number of para-hydroxylation sites is 1. The number of benzene rings is 1. The zero-order valence-electron chi connectivity index (χ0n) is 18.6. The van der Waals surface area contributed by atoms with Crippen LogP contribution in [0.15, 0.2) is 53.0 Å². The van der Waals surface area contributed by atoms with Crippen LogP contribution in [0.25, 0.3) is 0 Å². The molecule has 5 nitrogen and oxygen atoms in total. The number of carbonyl (C=O) groups excluding carboxylic acids is 2. The van der Waals surface area contributed by atoms with Gasteiger partial charge in [0.25, 0.3) is 5.91 Å². The molecule has 31 heavy (non-hydrogen) atoms. The predicted molar refractivity (Wildman–Crippen MR) is 127 cm³/mol. The van der Waals surface area contributed by atoms with E-state index < -0.39 is 6.04 Å². The van der Waals surface area contributed by atoms with Gasteiger partial charge >= 0.3 is 0 Å². The molecule has 0 bridgehead atoms. The molecular weight excluding hydrogens is 406 g/mol. The molecule has 5 atom stereocenters. The fourth-order valence-electron chi connectivity index (χ4n) is 4.65. The second-order valence-electron chi connectivity index (χ2n) is 9.41. The highest BCUT2D eigenvalue weighted by Crippen LogP contribution is 2.40. The van der Waals surface area contributed by atoms with E-state index in [1.54, 1.807) is 0 Å². The van der Waals surface area contributed by atoms with E-state index in [2.05, 4.69) is 54.9 Å². The molecule has 3 aliphatic rings. The number of rotatable bonds is 6. The molecule has 2 aliphatic carbocycles. The Labute approximate surface area is 189 Å². The van der Waals surface area contributed by atoms with Gasteiger partial charge in [-0.15, -0.1) is 11.8 Å². The van der Waals surface area contributed by atoms with Crippen LogP contribution in [0.3, 0.4) is 0 Å². The molecular formula is C25H33N3O2S. The topological polar surface area (TPSA) is 70.2 Å². The zero-order chi connectivity index (χ0) is 22.0. The summed E-state index contributed by atoms with van der Waals surface area (Å²) >= 11 is 1.81. The van der Waals surface area contributed by atoms with E-state index in [4.69, 9.17) is 0 Å². The summed E-state index contributed by atoms with van der Waals surface area (Å²) in [5.74, 6) is 0.572. The van der Waals surface area contributed by atoms with E-state index in [1.165, 1.54) is 4.90 Å². The molecule has 3 unspecified atom stereocenters. The van der Waals surface area contributed by atoms with Gasteiger partial charge in [0.2, 0.25) is 5.91 Å². The minimum atomic E-state index is -0.512. The molecule has 166 valence electrons. The number of hydrogen-bond acceptors (Lipinski definition) is 4. The smallest absolute Gasteiger partial charge is 0.251 e. The lowest BCUT2D eigenvalue weighted by Gasteiger charge is -2.33. The summed E-state index contributed by atoms with van der Waals surface area (Å²) in [7, 11) is 0. The van der Waals surface area contributed by atoms with Gasteiger partial charge in [-0.3, -0.25) is 9.59 Å². The van der Waals surface area contributed by atoms with Crippen molar-refractivity contribution in [1.82, 2.24) is 10.6 Å². The van der Waals surface area contributed by atoms with Gasteiger partial charge in [0, 0.05) is 22.2 Å². The van der Waals surface area contributed by atoms with Gasteiger partial charge in [0.15, 0.2) is 0 Å². The monoisotopic (exact) mass is 439 g/mol. The first kappa shape index (κ1) is 22.0. The molecule has 0 saturated heterocycles. The van der Waals surface area contributed by atoms with Crippen LogP contribution in [0, 0.1) is 11.8 Å². The Kier molecular flexibility index (Phi) is 6.75. The molecule has 1 aromatic carbocycles. The molecule has 2 amide bonds. The third-order valence-corrected chi connectivity index (χ3v) is 7.76. The molecule has 1 aliphatic heterocycles. The highest BCUT2D eigenvalue weighted by Gasteiger charge is 2.32. The molecule has 4 rings (SSSR count). The SMILES string of the molecule is CC(C)C[C@H](NC(=O)C1=CC2Nc3ccccc3SC2C=C1)C(=O)N[C@H]1CCCC1C. The van der Waals surface area contributed by atoms with Crippen LogP contribution in [-0.2, 0) is 9.59 Å². The fourth-order valence-corrected chi connectivity index (χ4v) is 5.81. The minimum absolute atomic E-state index is 0.0562. The van der Waals surface area contributed by atoms with Gasteiger partial charge < -0.3 is 16.0 Å². The Morgan fingerprint density at radius 2 is 2.03 bits per heavy atom. The standard InChI is InChI=1S/C25H33N3O2S/c1-15(2)13-21(25(30)27-18-9-6-7-16(18)3)28-24(29)17-11-12-23-20(14-17)26-19-8-4-5-10-22(19)31-23/h4-5,8,10-12,14-16,18,20-21,23,26H,6-7,9,13H2,1-3H3,(H,27,30)(H,28,29)/t16?,18-,20?,21-,23?/m0/s1. The summed E-state index contributed by atoms with van der Waals surface area (Å²) in [4.78, 5) is 27.3. The van der Waals surface area contributed by atoms with Crippen molar-refractivity contribution in [3.8, 4) is 0 Å². The molecule has 1 fully saturated rings. The van der Waals surface area contributed by atoms with Crippen LogP contribution in [-0.4, -0.2) is 35.2 Å². The summed E-state index contributed by atoms with van der Waals surface area (Å²) < 4.78 is 0. The number of nitrogens with one attached hydrogen (secondary N) is 3. The highest BCUT2D eigenvalue weighted by molar-refractivity contribution is 8.00. The maximum Gasteiger partial charge on any atom is 0.251 e. The lowest BCUT2D eigenvalue weighted by molar-refractivity contribution is -0.128. The molecule has 1 heterocycles. The first-order valence-corrected chi connectivity index (χ1v) is 12.3. The summed E-state index contributed by atoms with van der Waals surface area (Å²) in [5, 5.41) is 10.0. The number of anilines is 1. The van der Waals surface area contributed by atoms with Crippen molar-refractivity contribution in [2.75, 3.05) is 5.32 Å². The van der Waals surface area contributed by atoms with Gasteiger partial charge in [-0.2, -0.15) is 0 Å². The van der Waals surface area contributed by atoms with Crippen LogP contribution < -0.4 is 16.0 Å². The van der Waals surface area contributed by atoms with Gasteiger partial charge in [0.1, 0.15) is 6.04 Å². The summed E-state index contributed by atoms with van der Waals surface area (Å²) in [6.07, 6.45) is 9.93. The molecule has 6 heteroatoms. The van der Waals surface area contributed by atoms with E-state index in [-0.39, 0.29) is 29.1 Å². The van der Waals surface area contributed by atoms with Gasteiger partial charge in [-0.25, -0.2) is 0 Å². The lowest BCUT2D eigenvalue weighted by Crippen LogP contribution is -2.51. The molecule has 1 saturated carbocycles. The average molecular weight is 440 g/mol. The normalized spacial score (nSPS) is 27.5. The highest BCUT2D eigenvalue weighted by atomic mass is 32.2. The quantitative estimate of drug-likeness (QED) is 0.619. The van der Waals surface area contributed by atoms with E-state index in [1.807, 2.05) is 36.0 Å². The van der Waals surface area contributed by atoms with Crippen LogP contribution in [0.1, 0.15) is 46.5 Å². The predicted octanol–water partition coefficient (Wildman–Crippen LogP) is 4.27. The van der Waals surface area contributed by atoms with Crippen LogP contribution in [0.2, 0.25) is 0 Å². The maximum absolute atomic E-state index is 13.1. The summed E-state index contributed by atoms with van der Waals surface area (Å²) in [6, 6.07) is 8.01. The molecule has 0 spiro atoms. The number of hydrogen-bond donors (Lipinski definition) is 3. The van der Waals surface area contributed by atoms with Crippen LogP contribution >= 0.6 is 11.8 Å². The Morgan fingerprint density at radius 1 is 1.23 bits per heavy atom. The van der Waals surface area contributed by atoms with E-state index in [0.29, 0.717) is 23.8 Å². The fraction of sp³-hybridized carbons (Fsp3) is 0.520. The average Bonchev–Trinajstić information content (AvgIpc) is 3.15. The molecule has 3 N–H and O–H groups in total. The Balaban J connectivity index is 1.43. The number of thioether (sulfide) groups is 1. The van der Waals surface area contributed by atoms with Gasteiger partial charge in [0.05, 0.1) is 11.3 Å². The molecule has 0 radical (unpaired) electrons. The Bertz CT molecular complexity index is 895. The van der Waals surface area contributed by atoms with Crippen molar-refractivity contribution in [3.63, 3.8) is 0 Å².